The Labute approximate surface area is 337 Å². The molecule has 0 saturated heterocycles. The Kier molecular flexibility index (Phi) is 12.2. The first-order valence-electron chi connectivity index (χ1n) is 20.6. The molecule has 4 atom stereocenters. The number of carbonyl (C=O) groups is 1. The van der Waals surface area contributed by atoms with E-state index in [0.29, 0.717) is 77.0 Å². The molecule has 0 fully saturated rings. The van der Waals surface area contributed by atoms with Crippen molar-refractivity contribution in [2.45, 2.75) is 95.7 Å². The number of rotatable bonds is 12. The van der Waals surface area contributed by atoms with Crippen molar-refractivity contribution in [2.24, 2.45) is 0 Å². The Hall–Kier alpha value is -4.93. The molecule has 57 heavy (non-hydrogen) atoms. The number of unbranched alkanes of at least 4 members (excludes halogenated alkanes) is 5. The van der Waals surface area contributed by atoms with Crippen LogP contribution in [0.4, 0.5) is 0 Å². The number of hydrogen-bond acceptors (Lipinski definition) is 8. The third kappa shape index (κ3) is 8.12. The van der Waals surface area contributed by atoms with Gasteiger partial charge in [0.1, 0.15) is 11.8 Å². The number of carboxylic acids is 1. The highest BCUT2D eigenvalue weighted by Gasteiger charge is 2.48. The van der Waals surface area contributed by atoms with Gasteiger partial charge in [0.25, 0.3) is 0 Å². The summed E-state index contributed by atoms with van der Waals surface area (Å²) in [6, 6.07) is 19.2. The number of likely N-dealkylation sites (N-methyl/N-ethyl adjacent to an activating group) is 2. The van der Waals surface area contributed by atoms with Gasteiger partial charge < -0.3 is 38.4 Å². The fourth-order valence-corrected chi connectivity index (χ4v) is 9.46. The third-order valence-electron chi connectivity index (χ3n) is 12.8. The van der Waals surface area contributed by atoms with Crippen LogP contribution in [0.25, 0.3) is 0 Å². The zero-order chi connectivity index (χ0) is 40.3. The molecule has 8 rings (SSSR count). The summed E-state index contributed by atoms with van der Waals surface area (Å²) in [5.41, 5.74) is 6.17. The summed E-state index contributed by atoms with van der Waals surface area (Å²) in [6.45, 7) is 3.69. The lowest BCUT2D eigenvalue weighted by Gasteiger charge is -2.49. The molecule has 4 heterocycles. The van der Waals surface area contributed by atoms with Gasteiger partial charge in [0.2, 0.25) is 5.75 Å². The van der Waals surface area contributed by atoms with Gasteiger partial charge in [0.05, 0.1) is 34.9 Å². The van der Waals surface area contributed by atoms with Gasteiger partial charge in [-0.15, -0.1) is 0 Å². The predicted molar refractivity (Wildman–Crippen MR) is 221 cm³/mol. The van der Waals surface area contributed by atoms with Gasteiger partial charge in [-0.25, -0.2) is 4.79 Å². The van der Waals surface area contributed by atoms with Gasteiger partial charge in [-0.1, -0.05) is 57.2 Å². The Bertz CT molecular complexity index is 2070. The van der Waals surface area contributed by atoms with Crippen molar-refractivity contribution in [1.82, 2.24) is 4.90 Å². The van der Waals surface area contributed by atoms with E-state index in [4.69, 9.17) is 23.7 Å². The number of fused-ring (bicyclic) bond motifs is 2. The lowest BCUT2D eigenvalue weighted by atomic mass is 9.84. The molecule has 0 saturated carbocycles. The van der Waals surface area contributed by atoms with E-state index in [2.05, 4.69) is 44.1 Å². The second-order valence-corrected chi connectivity index (χ2v) is 16.3. The molecular weight excluding hydrogens is 721 g/mol. The molecule has 0 spiro atoms. The molecule has 10 heteroatoms. The van der Waals surface area contributed by atoms with Crippen LogP contribution in [0.1, 0.15) is 97.3 Å². The van der Waals surface area contributed by atoms with Crippen LogP contribution < -0.4 is 23.7 Å². The van der Waals surface area contributed by atoms with E-state index in [0.717, 1.165) is 65.6 Å². The van der Waals surface area contributed by atoms with Gasteiger partial charge in [0, 0.05) is 43.0 Å². The lowest BCUT2D eigenvalue weighted by Crippen LogP contribution is -2.60. The topological polar surface area (TPSA) is 107 Å². The first-order chi connectivity index (χ1) is 27.6. The minimum absolute atomic E-state index is 0.0777. The zero-order valence-electron chi connectivity index (χ0n) is 34.4. The summed E-state index contributed by atoms with van der Waals surface area (Å²) in [4.78, 5) is 15.6. The molecule has 0 amide bonds. The number of quaternary nitrogens is 1. The number of carboxylic acid groups (broad SMARTS) is 1. The van der Waals surface area contributed by atoms with Crippen LogP contribution in [0.3, 0.4) is 0 Å². The summed E-state index contributed by atoms with van der Waals surface area (Å²) in [5.74, 6) is 2.77. The number of benzene rings is 4. The Morgan fingerprint density at radius 3 is 2.23 bits per heavy atom. The number of hydrogen-bond donors (Lipinski definition) is 2. The maximum Gasteiger partial charge on any atom is 0.362 e. The molecule has 0 aliphatic carbocycles. The quantitative estimate of drug-likeness (QED) is 0.107. The van der Waals surface area contributed by atoms with E-state index in [1.54, 1.807) is 21.3 Å². The van der Waals surface area contributed by atoms with Crippen molar-refractivity contribution in [2.75, 3.05) is 48.5 Å². The monoisotopic (exact) mass is 779 g/mol. The number of methoxy groups -OCH3 is 3. The molecule has 4 unspecified atom stereocenters. The second kappa shape index (κ2) is 17.3. The molecular formula is C47H59N2O8+. The van der Waals surface area contributed by atoms with Crippen molar-refractivity contribution in [3.8, 4) is 46.0 Å². The van der Waals surface area contributed by atoms with Gasteiger partial charge in [-0.3, -0.25) is 4.90 Å². The minimum atomic E-state index is -0.762. The maximum atomic E-state index is 13.3. The van der Waals surface area contributed by atoms with E-state index >= 15 is 0 Å². The summed E-state index contributed by atoms with van der Waals surface area (Å²) >= 11 is 0. The van der Waals surface area contributed by atoms with Crippen LogP contribution in [-0.2, 0) is 30.5 Å². The average molecular weight is 780 g/mol. The van der Waals surface area contributed by atoms with E-state index in [9.17, 15) is 15.0 Å². The van der Waals surface area contributed by atoms with Crippen LogP contribution in [0.2, 0.25) is 0 Å². The van der Waals surface area contributed by atoms with Crippen LogP contribution in [0.5, 0.6) is 46.0 Å². The molecule has 10 nitrogen and oxygen atoms in total. The molecule has 0 aromatic heterocycles. The molecule has 2 N–H and O–H groups in total. The largest absolute Gasteiger partial charge is 0.502 e. The van der Waals surface area contributed by atoms with E-state index < -0.39 is 12.0 Å². The first kappa shape index (κ1) is 40.3. The first-order valence-corrected chi connectivity index (χ1v) is 20.6. The van der Waals surface area contributed by atoms with Crippen LogP contribution in [0.15, 0.2) is 60.7 Å². The number of phenols is 1. The minimum Gasteiger partial charge on any atom is -0.502 e. The van der Waals surface area contributed by atoms with Crippen LogP contribution >= 0.6 is 0 Å². The second-order valence-electron chi connectivity index (χ2n) is 16.3. The number of aromatic hydroxyl groups is 1. The summed E-state index contributed by atoms with van der Waals surface area (Å²) in [7, 11) is 9.06. The normalized spacial score (nSPS) is 20.6. The van der Waals surface area contributed by atoms with Gasteiger partial charge >= 0.3 is 5.97 Å². The van der Waals surface area contributed by atoms with Gasteiger partial charge in [-0.05, 0) is 91.0 Å². The highest BCUT2D eigenvalue weighted by Crippen LogP contribution is 2.52. The highest BCUT2D eigenvalue weighted by atomic mass is 16.5. The predicted octanol–water partition coefficient (Wildman–Crippen LogP) is 9.58. The van der Waals surface area contributed by atoms with Crippen molar-refractivity contribution in [1.29, 1.82) is 0 Å². The molecule has 304 valence electrons. The Morgan fingerprint density at radius 1 is 0.825 bits per heavy atom. The molecule has 6 bridgehead atoms. The van der Waals surface area contributed by atoms with Crippen LogP contribution in [0, 0.1) is 0 Å². The molecule has 4 aromatic carbocycles. The molecule has 4 aromatic rings. The van der Waals surface area contributed by atoms with Gasteiger partial charge in [-0.2, -0.15) is 0 Å². The number of nitrogens with zero attached hydrogens (tertiary/aromatic N) is 2. The zero-order valence-corrected chi connectivity index (χ0v) is 34.4. The van der Waals surface area contributed by atoms with Crippen molar-refractivity contribution >= 4 is 5.97 Å². The fraction of sp³-hybridized carbons (Fsp3) is 0.468. The molecule has 4 aliphatic heterocycles. The fourth-order valence-electron chi connectivity index (χ4n) is 9.46. The molecule has 0 radical (unpaired) electrons. The van der Waals surface area contributed by atoms with Gasteiger partial charge in [0.15, 0.2) is 40.5 Å². The van der Waals surface area contributed by atoms with E-state index in [-0.39, 0.29) is 17.8 Å². The van der Waals surface area contributed by atoms with Crippen molar-refractivity contribution < 1.29 is 43.2 Å². The highest BCUT2D eigenvalue weighted by molar-refractivity contribution is 5.72. The Morgan fingerprint density at radius 2 is 1.51 bits per heavy atom. The van der Waals surface area contributed by atoms with Crippen molar-refractivity contribution in [3.63, 3.8) is 0 Å². The summed E-state index contributed by atoms with van der Waals surface area (Å²) in [5, 5.41) is 22.8. The summed E-state index contributed by atoms with van der Waals surface area (Å²) in [6.07, 6.45) is 9.85. The summed E-state index contributed by atoms with van der Waals surface area (Å²) < 4.78 is 31.3. The SMILES string of the molecule is CCCCCCCCC(C(=O)O)[N+]1(C)CCc2cc(OC)c3cc2C1Cc1ccc(cc1)Oc1cc(ccc1OC)CC1c2c(cc(OC)c(O)c2O3)CCN1C. The number of phenolic OH excluding ortho intramolecular Hbond substituents is 1. The number of ether oxygens (including phenoxy) is 5. The van der Waals surface area contributed by atoms with Crippen molar-refractivity contribution in [3.05, 3.63) is 94.0 Å². The maximum absolute atomic E-state index is 13.3. The third-order valence-corrected chi connectivity index (χ3v) is 12.8. The van der Waals surface area contributed by atoms with E-state index in [1.807, 2.05) is 42.5 Å². The number of aliphatic carboxylic acids is 1. The lowest BCUT2D eigenvalue weighted by molar-refractivity contribution is -0.956. The Balaban J connectivity index is 1.40. The molecule has 4 aliphatic rings. The van der Waals surface area contributed by atoms with Crippen LogP contribution in [-0.4, -0.2) is 80.1 Å². The average Bonchev–Trinajstić information content (AvgIpc) is 3.20. The smallest absolute Gasteiger partial charge is 0.362 e. The standard InChI is InChI=1S/C47H58N2O8/c1-7-8-9-10-11-12-13-37(47(51)52)49(3)23-21-32-27-40(54-5)42-29-35(32)38(49)25-30-14-17-34(18-15-30)56-41-26-31(16-19-39(41)53-4)24-36-44-33(20-22-48(36)2)28-43(55-6)45(50)46(44)57-42/h14-19,26-29,36-38H,7-13,20-25H2,1-6H3,(H-,50,51,52)/p+1. The van der Waals surface area contributed by atoms with E-state index in [1.165, 1.54) is 19.3 Å².